The number of aryl methyl sites for hydroxylation is 1. The second kappa shape index (κ2) is 43.8. The maximum Gasteiger partial charge on any atom is 0.377 e. The molecule has 0 amide bonds. The largest absolute Gasteiger partial charge is 0.501 e. The molecular weight excluding hydrogens is 2200 g/mol. The summed E-state index contributed by atoms with van der Waals surface area (Å²) in [6, 6.07) is 17.9. The van der Waals surface area contributed by atoms with Crippen LogP contribution in [0, 0.1) is 59.1 Å². The first-order valence-corrected chi connectivity index (χ1v) is 40.0. The minimum absolute atomic E-state index is 0.0660. The molecule has 44 heteroatoms. The van der Waals surface area contributed by atoms with E-state index in [1.54, 1.807) is 65.4 Å². The van der Waals surface area contributed by atoms with Gasteiger partial charge >= 0.3 is 28.7 Å². The van der Waals surface area contributed by atoms with Gasteiger partial charge in [-0.15, -0.1) is 0 Å². The highest BCUT2D eigenvalue weighted by atomic mass is 127. The SMILES string of the molecule is COC(=O)c1nc2c(I)cc(N3CCOCC3)cn2c(=O)c1O.Nc1ccc(F)cn1.Nc1ncc(F)cc1I.Nc1ncc(N2CCOCC2)cc1I.O=C(CCc1ccc(Cl)c(Cl)c1)c1nc2c(I)cc(N3CCOCC3)cn2c(=O)c1O.O=[N+]([O-])c1ncc(F)cc1I.O=[N+]([O-])c1ncc(N2CCOCC2)cc1I. The van der Waals surface area contributed by atoms with Crippen molar-refractivity contribution in [3.63, 3.8) is 0 Å². The predicted molar refractivity (Wildman–Crippen MR) is 463 cm³/mol. The van der Waals surface area contributed by atoms with Crippen LogP contribution < -0.4 is 47.9 Å². The Kier molecular flexibility index (Phi) is 35.2. The minimum atomic E-state index is -0.852. The van der Waals surface area contributed by atoms with E-state index in [9.17, 15) is 62.8 Å². The van der Waals surface area contributed by atoms with Crippen LogP contribution in [0.2, 0.25) is 10.0 Å². The lowest BCUT2D eigenvalue weighted by atomic mass is 10.1. The van der Waals surface area contributed by atoms with Crippen LogP contribution in [0.4, 0.5) is 65.0 Å². The molecule has 0 spiro atoms. The number of nitrogens with zero attached hydrogens (tertiary/aromatic N) is 15. The van der Waals surface area contributed by atoms with Gasteiger partial charge in [-0.2, -0.15) is 0 Å². The third-order valence-corrected chi connectivity index (χ3v) is 21.5. The highest BCUT2D eigenvalue weighted by Gasteiger charge is 2.26. The summed E-state index contributed by atoms with van der Waals surface area (Å²) in [6.07, 6.45) is 10.1. The molecule has 4 fully saturated rings. The number of anilines is 7. The first kappa shape index (κ1) is 90.0. The average Bonchev–Trinajstić information content (AvgIpc) is 0.768. The lowest BCUT2D eigenvalue weighted by Gasteiger charge is -2.29. The van der Waals surface area contributed by atoms with Crippen LogP contribution in [0.3, 0.4) is 0 Å². The fourth-order valence-corrected chi connectivity index (χ4v) is 14.1. The molecule has 1 aromatic carbocycles. The number of ketones is 1. The van der Waals surface area contributed by atoms with Crippen molar-refractivity contribution in [2.75, 3.05) is 149 Å². The molecule has 4 saturated heterocycles. The Labute approximate surface area is 726 Å². The van der Waals surface area contributed by atoms with Gasteiger partial charge in [-0.05, 0) is 228 Å². The summed E-state index contributed by atoms with van der Waals surface area (Å²) in [5.74, 6) is -3.01. The van der Waals surface area contributed by atoms with Crippen molar-refractivity contribution in [2.45, 2.75) is 12.8 Å². The van der Waals surface area contributed by atoms with Crippen LogP contribution in [0.5, 0.6) is 11.5 Å². The number of methoxy groups -OCH3 is 1. The molecule has 13 heterocycles. The predicted octanol–water partition coefficient (Wildman–Crippen LogP) is 11.1. The second-order valence-corrected chi connectivity index (χ2v) is 31.0. The van der Waals surface area contributed by atoms with Gasteiger partial charge in [-0.3, -0.25) is 23.2 Å². The van der Waals surface area contributed by atoms with Crippen molar-refractivity contribution in [2.24, 2.45) is 0 Å². The van der Waals surface area contributed by atoms with Gasteiger partial charge in [-0.25, -0.2) is 42.9 Å². The van der Waals surface area contributed by atoms with E-state index < -0.39 is 50.0 Å². The van der Waals surface area contributed by atoms with Crippen LogP contribution in [-0.4, -0.2) is 188 Å². The van der Waals surface area contributed by atoms with Gasteiger partial charge < -0.3 is 90.9 Å². The molecule has 0 unspecified atom stereocenters. The third-order valence-electron chi connectivity index (χ3n) is 15.8. The number of pyridine rings is 7. The van der Waals surface area contributed by atoms with E-state index in [-0.39, 0.29) is 44.6 Å². The molecule has 8 N–H and O–H groups in total. The maximum atomic E-state index is 12.8. The number of halogens is 11. The Morgan fingerprint density at radius 3 is 1.29 bits per heavy atom. The molecule has 10 aromatic rings. The van der Waals surface area contributed by atoms with E-state index in [0.29, 0.717) is 112 Å². The molecule has 112 heavy (non-hydrogen) atoms. The van der Waals surface area contributed by atoms with Crippen molar-refractivity contribution >= 4 is 234 Å². The molecule has 4 aliphatic rings. The van der Waals surface area contributed by atoms with Crippen LogP contribution in [0.25, 0.3) is 11.3 Å². The first-order valence-electron chi connectivity index (χ1n) is 32.8. The quantitative estimate of drug-likeness (QED) is 0.0264. The van der Waals surface area contributed by atoms with Gasteiger partial charge in [0.1, 0.15) is 36.2 Å². The van der Waals surface area contributed by atoms with Crippen LogP contribution >= 0.6 is 159 Å². The zero-order chi connectivity index (χ0) is 81.5. The lowest BCUT2D eigenvalue weighted by Crippen LogP contribution is -2.36. The number of hydrogen-bond acceptors (Lipinski definition) is 29. The number of morpholine rings is 4. The number of nitro groups is 2. The van der Waals surface area contributed by atoms with Gasteiger partial charge in [-0.1, -0.05) is 29.3 Å². The van der Waals surface area contributed by atoms with E-state index in [4.69, 9.17) is 59.4 Å². The average molecular weight is 2260 g/mol. The number of fused-ring (bicyclic) bond motifs is 2. The minimum Gasteiger partial charge on any atom is -0.501 e. The zero-order valence-corrected chi connectivity index (χ0v) is 72.9. The number of carbonyl (C=O) groups excluding carboxylic acids is 2. The number of rotatable bonds is 11. The standard InChI is InChI=1S/C21H18Cl2IN3O4.C14H14IN3O5.C9H10IN3O3.C9H12IN3O.C5H2FIN2O2.C5H4FIN2.C5H5FN2/c22-14-3-1-12(9-15(14)23)2-4-17(28)18-19(29)21(30)27-11-13(10-16(24)20(27)25-18)26-5-7-31-8-6-26;1-22-14(21)10-11(19)13(20)18-7-8(6-9(15)12(18)16-10)17-2-4-23-5-3-17;10-8-5-7(6-11-9(8)13(14)15)12-1-3-16-4-2-12;10-8-5-7(6-12-9(8)11)13-1-3-14-4-2-13;6-3-1-4(7)5(8-2-3)9(10)11;6-3-1-4(7)5(8)9-2-3;6-4-1-2-5(7)8-3-4/h1,3,9-11,29H,2,4-8H2;6-7,19H,2-5H2,1H3;5-6H,1-4H2;5-6H,1-4H2,(H2,11,12);1-2H;1-2H,(H2,8,9);1-3H,(H2,7,8). The summed E-state index contributed by atoms with van der Waals surface area (Å²) in [5, 5.41) is 42.0. The van der Waals surface area contributed by atoms with Gasteiger partial charge in [0, 0.05) is 71.2 Å². The number of esters is 1. The number of ether oxygens (including phenoxy) is 5. The van der Waals surface area contributed by atoms with Crippen molar-refractivity contribution in [3.8, 4) is 11.5 Å². The molecule has 0 saturated carbocycles. The Balaban J connectivity index is 0.000000172. The van der Waals surface area contributed by atoms with Gasteiger partial charge in [0.2, 0.25) is 11.5 Å². The topological polar surface area (TPSA) is 431 Å². The molecule has 33 nitrogen and oxygen atoms in total. The molecule has 0 bridgehead atoms. The molecule has 0 aliphatic carbocycles. The van der Waals surface area contributed by atoms with Gasteiger partial charge in [0.05, 0.1) is 126 Å². The maximum absolute atomic E-state index is 12.8. The summed E-state index contributed by atoms with van der Waals surface area (Å²) >= 11 is 23.8. The van der Waals surface area contributed by atoms with Gasteiger partial charge in [0.25, 0.3) is 0 Å². The van der Waals surface area contributed by atoms with Crippen molar-refractivity contribution < 1.29 is 66.5 Å². The zero-order valence-electron chi connectivity index (χ0n) is 58.4. The van der Waals surface area contributed by atoms with E-state index in [1.807, 2.05) is 86.1 Å². The fraction of sp³-hybridized carbons (Fsp3) is 0.279. The number of Topliss-reactive ketones (excluding diaryl/α,β-unsaturated/α-hetero) is 1. The Morgan fingerprint density at radius 1 is 0.509 bits per heavy atom. The number of nitrogens with two attached hydrogens (primary N) is 3. The van der Waals surface area contributed by atoms with Crippen LogP contribution in [0.15, 0.2) is 120 Å². The first-order chi connectivity index (χ1) is 53.4. The summed E-state index contributed by atoms with van der Waals surface area (Å²) < 4.78 is 68.6. The molecule has 0 radical (unpaired) electrons. The van der Waals surface area contributed by atoms with Crippen molar-refractivity contribution in [3.05, 3.63) is 217 Å². The molecule has 0 atom stereocenters. The molecule has 594 valence electrons. The van der Waals surface area contributed by atoms with Crippen LogP contribution in [-0.2, 0) is 30.1 Å². The van der Waals surface area contributed by atoms with E-state index >= 15 is 0 Å². The number of benzene rings is 1. The van der Waals surface area contributed by atoms with Crippen molar-refractivity contribution in [1.82, 2.24) is 43.7 Å². The Morgan fingerprint density at radius 2 is 0.893 bits per heavy atom. The summed E-state index contributed by atoms with van der Waals surface area (Å²) in [4.78, 5) is 105. The highest BCUT2D eigenvalue weighted by molar-refractivity contribution is 14.1. The molecule has 14 rings (SSSR count). The smallest absolute Gasteiger partial charge is 0.377 e. The second-order valence-electron chi connectivity index (χ2n) is 23.2. The number of nitrogen functional groups attached to an aromatic ring is 3. The molecule has 4 aliphatic heterocycles. The summed E-state index contributed by atoms with van der Waals surface area (Å²) in [5.41, 5.74) is 19.3. The van der Waals surface area contributed by atoms with E-state index in [1.165, 1.54) is 27.0 Å². The molecular formula is C68H65Cl2F3I6N18O15. The van der Waals surface area contributed by atoms with Crippen molar-refractivity contribution in [1.29, 1.82) is 0 Å². The Bertz CT molecular complexity index is 5120. The molecule has 9 aromatic heterocycles. The number of aromatic hydroxyl groups is 2. The summed E-state index contributed by atoms with van der Waals surface area (Å²) in [7, 11) is 1.16. The third kappa shape index (κ3) is 25.7. The Hall–Kier alpha value is -7.58. The number of carbonyl (C=O) groups is 2. The van der Waals surface area contributed by atoms with Crippen LogP contribution in [0.1, 0.15) is 33.0 Å². The van der Waals surface area contributed by atoms with E-state index in [0.717, 1.165) is 116 Å². The summed E-state index contributed by atoms with van der Waals surface area (Å²) in [6.45, 7) is 11.7. The normalized spacial score (nSPS) is 13.8. The lowest BCUT2D eigenvalue weighted by molar-refractivity contribution is -0.390. The number of hydrogen-bond donors (Lipinski definition) is 5. The monoisotopic (exact) mass is 2260 g/mol. The van der Waals surface area contributed by atoms with E-state index in [2.05, 4.69) is 110 Å². The van der Waals surface area contributed by atoms with Gasteiger partial charge in [0.15, 0.2) is 46.7 Å². The number of aromatic nitrogens is 9. The fourth-order valence-electron chi connectivity index (χ4n) is 10.2. The highest BCUT2D eigenvalue weighted by Crippen LogP contribution is 2.30.